The summed E-state index contributed by atoms with van der Waals surface area (Å²) < 4.78 is 19.5. The first-order valence-corrected chi connectivity index (χ1v) is 9.17. The van der Waals surface area contributed by atoms with Gasteiger partial charge in [0.05, 0.1) is 29.9 Å². The van der Waals surface area contributed by atoms with Crippen LogP contribution in [0.5, 0.6) is 0 Å². The normalized spacial score (nSPS) is 14.9. The molecule has 7 nitrogen and oxygen atoms in total. The second kappa shape index (κ2) is 8.26. The largest absolute Gasteiger partial charge is 0.381 e. The van der Waals surface area contributed by atoms with Gasteiger partial charge in [-0.05, 0) is 37.1 Å². The van der Waals surface area contributed by atoms with Crippen LogP contribution in [-0.2, 0) is 4.74 Å². The van der Waals surface area contributed by atoms with Crippen molar-refractivity contribution in [3.8, 4) is 11.4 Å². The molecule has 1 fully saturated rings. The minimum Gasteiger partial charge on any atom is -0.381 e. The van der Waals surface area contributed by atoms with Gasteiger partial charge < -0.3 is 15.0 Å². The average molecular weight is 380 g/mol. The van der Waals surface area contributed by atoms with Crippen LogP contribution < -0.4 is 10.2 Å². The van der Waals surface area contributed by atoms with Crippen molar-refractivity contribution >= 4 is 17.5 Å². The van der Waals surface area contributed by atoms with Gasteiger partial charge in [-0.1, -0.05) is 6.07 Å². The van der Waals surface area contributed by atoms with Crippen molar-refractivity contribution in [1.29, 1.82) is 0 Å². The lowest BCUT2D eigenvalue weighted by molar-refractivity contribution is 0.0819. The van der Waals surface area contributed by atoms with Gasteiger partial charge in [0.1, 0.15) is 11.5 Å². The summed E-state index contributed by atoms with van der Waals surface area (Å²) in [5.41, 5.74) is 1.67. The average Bonchev–Trinajstić information content (AvgIpc) is 2.76. The Kier molecular flexibility index (Phi) is 5.38. The zero-order chi connectivity index (χ0) is 19.3. The molecule has 1 aliphatic rings. The summed E-state index contributed by atoms with van der Waals surface area (Å²) in [6.07, 6.45) is 6.91. The monoisotopic (exact) mass is 380 g/mol. The molecule has 4 heterocycles. The summed E-state index contributed by atoms with van der Waals surface area (Å²) in [7, 11) is 1.76. The summed E-state index contributed by atoms with van der Waals surface area (Å²) in [4.78, 5) is 19.1. The van der Waals surface area contributed by atoms with Gasteiger partial charge in [0.15, 0.2) is 5.82 Å². The van der Waals surface area contributed by atoms with Crippen LogP contribution in [0.3, 0.4) is 0 Å². The van der Waals surface area contributed by atoms with Crippen molar-refractivity contribution in [2.24, 2.45) is 0 Å². The smallest absolute Gasteiger partial charge is 0.229 e. The Morgan fingerprint density at radius 3 is 2.61 bits per heavy atom. The highest BCUT2D eigenvalue weighted by Crippen LogP contribution is 2.23. The van der Waals surface area contributed by atoms with Crippen molar-refractivity contribution in [1.82, 2.24) is 19.9 Å². The number of nitrogens with one attached hydrogen (secondary N) is 1. The highest BCUT2D eigenvalue weighted by Gasteiger charge is 2.19. The zero-order valence-corrected chi connectivity index (χ0v) is 15.5. The molecule has 0 radical (unpaired) electrons. The van der Waals surface area contributed by atoms with Crippen LogP contribution in [0.2, 0.25) is 0 Å². The van der Waals surface area contributed by atoms with E-state index in [9.17, 15) is 4.39 Å². The summed E-state index contributed by atoms with van der Waals surface area (Å²) in [5, 5.41) is 3.02. The first kappa shape index (κ1) is 18.2. The van der Waals surface area contributed by atoms with E-state index in [1.807, 2.05) is 18.3 Å². The van der Waals surface area contributed by atoms with Crippen LogP contribution in [-0.4, -0.2) is 46.2 Å². The molecule has 4 rings (SSSR count). The fourth-order valence-corrected chi connectivity index (χ4v) is 3.22. The standard InChI is InChI=1S/C20H21FN6O/c1-28-15-7-10-27(11-8-15)14-5-6-18(23-12-14)25-20-24-13-16(21)19(26-20)17-4-2-3-9-22-17/h2-6,9,12-13,15H,7-8,10-11H2,1H3,(H,23,24,25,26). The second-order valence-electron chi connectivity index (χ2n) is 6.55. The highest BCUT2D eigenvalue weighted by atomic mass is 19.1. The van der Waals surface area contributed by atoms with Gasteiger partial charge in [0.25, 0.3) is 0 Å². The Morgan fingerprint density at radius 1 is 1.07 bits per heavy atom. The second-order valence-corrected chi connectivity index (χ2v) is 6.55. The number of methoxy groups -OCH3 is 1. The molecule has 144 valence electrons. The van der Waals surface area contributed by atoms with E-state index in [1.165, 1.54) is 0 Å². The van der Waals surface area contributed by atoms with Crippen molar-refractivity contribution in [2.45, 2.75) is 18.9 Å². The van der Waals surface area contributed by atoms with Crippen LogP contribution in [0.4, 0.5) is 21.8 Å². The van der Waals surface area contributed by atoms with Gasteiger partial charge in [-0.2, -0.15) is 0 Å². The predicted octanol–water partition coefficient (Wildman–Crippen LogP) is 3.43. The van der Waals surface area contributed by atoms with Crippen molar-refractivity contribution in [2.75, 3.05) is 30.4 Å². The molecule has 0 unspecified atom stereocenters. The molecule has 3 aromatic rings. The third-order valence-corrected chi connectivity index (χ3v) is 4.78. The van der Waals surface area contributed by atoms with E-state index in [1.54, 1.807) is 31.5 Å². The van der Waals surface area contributed by atoms with Crippen LogP contribution in [0.1, 0.15) is 12.8 Å². The van der Waals surface area contributed by atoms with Gasteiger partial charge in [0, 0.05) is 26.4 Å². The van der Waals surface area contributed by atoms with Crippen molar-refractivity contribution in [3.63, 3.8) is 0 Å². The number of pyridine rings is 2. The molecule has 1 N–H and O–H groups in total. The van der Waals surface area contributed by atoms with E-state index in [4.69, 9.17) is 4.74 Å². The van der Waals surface area contributed by atoms with Crippen LogP contribution in [0.25, 0.3) is 11.4 Å². The molecule has 3 aromatic heterocycles. The van der Waals surface area contributed by atoms with E-state index >= 15 is 0 Å². The predicted molar refractivity (Wildman–Crippen MR) is 105 cm³/mol. The van der Waals surface area contributed by atoms with E-state index in [2.05, 4.69) is 30.2 Å². The number of halogens is 1. The SMILES string of the molecule is COC1CCN(c2ccc(Nc3ncc(F)c(-c4ccccn4)n3)nc2)CC1. The summed E-state index contributed by atoms with van der Waals surface area (Å²) in [6, 6.07) is 9.13. The highest BCUT2D eigenvalue weighted by molar-refractivity contribution is 5.59. The summed E-state index contributed by atoms with van der Waals surface area (Å²) in [5.74, 6) is 0.337. The molecule has 0 saturated carbocycles. The lowest BCUT2D eigenvalue weighted by atomic mass is 10.1. The lowest BCUT2D eigenvalue weighted by Gasteiger charge is -2.32. The minimum atomic E-state index is -0.521. The first-order valence-electron chi connectivity index (χ1n) is 9.17. The maximum atomic E-state index is 14.1. The minimum absolute atomic E-state index is 0.149. The molecule has 0 atom stereocenters. The van der Waals surface area contributed by atoms with Crippen LogP contribution >= 0.6 is 0 Å². The maximum absolute atomic E-state index is 14.1. The van der Waals surface area contributed by atoms with Gasteiger partial charge in [-0.25, -0.2) is 19.3 Å². The Balaban J connectivity index is 1.46. The topological polar surface area (TPSA) is 76.1 Å². The number of anilines is 3. The third kappa shape index (κ3) is 4.07. The quantitative estimate of drug-likeness (QED) is 0.727. The molecule has 8 heteroatoms. The maximum Gasteiger partial charge on any atom is 0.229 e. The summed E-state index contributed by atoms with van der Waals surface area (Å²) in [6.45, 7) is 1.89. The van der Waals surface area contributed by atoms with E-state index in [0.717, 1.165) is 37.8 Å². The Morgan fingerprint density at radius 2 is 1.93 bits per heavy atom. The van der Waals surface area contributed by atoms with Gasteiger partial charge in [-0.3, -0.25) is 4.98 Å². The molecule has 1 saturated heterocycles. The Labute approximate surface area is 162 Å². The van der Waals surface area contributed by atoms with E-state index in [-0.39, 0.29) is 11.6 Å². The molecule has 28 heavy (non-hydrogen) atoms. The fraction of sp³-hybridized carbons (Fsp3) is 0.300. The number of rotatable bonds is 5. The van der Waals surface area contributed by atoms with E-state index < -0.39 is 5.82 Å². The van der Waals surface area contributed by atoms with Crippen molar-refractivity contribution in [3.05, 3.63) is 54.7 Å². The molecule has 0 bridgehead atoms. The van der Waals surface area contributed by atoms with E-state index in [0.29, 0.717) is 17.6 Å². The summed E-state index contributed by atoms with van der Waals surface area (Å²) >= 11 is 0. The number of aromatic nitrogens is 4. The first-order chi connectivity index (χ1) is 13.7. The molecule has 1 aliphatic heterocycles. The van der Waals surface area contributed by atoms with Crippen LogP contribution in [0.15, 0.2) is 48.9 Å². The van der Waals surface area contributed by atoms with Crippen LogP contribution in [0, 0.1) is 5.82 Å². The number of hydrogen-bond donors (Lipinski definition) is 1. The zero-order valence-electron chi connectivity index (χ0n) is 15.5. The Bertz CT molecular complexity index is 914. The Hall–Kier alpha value is -3.13. The number of hydrogen-bond acceptors (Lipinski definition) is 7. The third-order valence-electron chi connectivity index (χ3n) is 4.78. The fourth-order valence-electron chi connectivity index (χ4n) is 3.22. The lowest BCUT2D eigenvalue weighted by Crippen LogP contribution is -2.36. The van der Waals surface area contributed by atoms with Gasteiger partial charge >= 0.3 is 0 Å². The van der Waals surface area contributed by atoms with Gasteiger partial charge in [-0.15, -0.1) is 0 Å². The molecule has 0 amide bonds. The molecule has 0 spiro atoms. The number of nitrogens with zero attached hydrogens (tertiary/aromatic N) is 5. The molecule has 0 aromatic carbocycles. The molecular formula is C20H21FN6O. The van der Waals surface area contributed by atoms with Crippen molar-refractivity contribution < 1.29 is 9.13 Å². The number of piperidine rings is 1. The number of ether oxygens (including phenoxy) is 1. The molecular weight excluding hydrogens is 359 g/mol. The van der Waals surface area contributed by atoms with Gasteiger partial charge in [0.2, 0.25) is 5.95 Å². The molecule has 0 aliphatic carbocycles.